The van der Waals surface area contributed by atoms with E-state index in [4.69, 9.17) is 0 Å². The van der Waals surface area contributed by atoms with E-state index in [0.29, 0.717) is 0 Å². The summed E-state index contributed by atoms with van der Waals surface area (Å²) in [4.78, 5) is 0. The standard InChI is InChI=1S/C4H8.K.H/c1-2-4-3-1;;/h1-4H2;;. The van der Waals surface area contributed by atoms with E-state index in [2.05, 4.69) is 0 Å². The molecule has 0 atom stereocenters. The fourth-order valence-corrected chi connectivity index (χ4v) is 0.250. The summed E-state index contributed by atoms with van der Waals surface area (Å²) in [5.41, 5.74) is 0. The molecule has 0 aliphatic heterocycles. The van der Waals surface area contributed by atoms with Crippen molar-refractivity contribution in [1.29, 1.82) is 0 Å². The van der Waals surface area contributed by atoms with Gasteiger partial charge in [0, 0.05) is 0 Å². The molecule has 1 rings (SSSR count). The van der Waals surface area contributed by atoms with Crippen molar-refractivity contribution in [2.45, 2.75) is 25.7 Å². The van der Waals surface area contributed by atoms with Gasteiger partial charge in [0.15, 0.2) is 0 Å². The van der Waals surface area contributed by atoms with Crippen LogP contribution in [0.4, 0.5) is 0 Å². The summed E-state index contributed by atoms with van der Waals surface area (Å²) in [6, 6.07) is 0. The van der Waals surface area contributed by atoms with Gasteiger partial charge in [-0.3, -0.25) is 0 Å². The Morgan fingerprint density at radius 2 is 0.800 bits per heavy atom. The normalized spacial score (nSPS) is 19.2. The molecule has 5 heavy (non-hydrogen) atoms. The van der Waals surface area contributed by atoms with Gasteiger partial charge in [0.1, 0.15) is 0 Å². The maximum atomic E-state index is 1.50. The molecule has 1 heteroatoms. The Morgan fingerprint density at radius 3 is 0.800 bits per heavy atom. The minimum absolute atomic E-state index is 0. The van der Waals surface area contributed by atoms with Crippen LogP contribution in [-0.4, -0.2) is 51.4 Å². The van der Waals surface area contributed by atoms with E-state index < -0.39 is 0 Å². The van der Waals surface area contributed by atoms with Crippen molar-refractivity contribution in [3.8, 4) is 0 Å². The molecule has 0 amide bonds. The van der Waals surface area contributed by atoms with Gasteiger partial charge in [-0.2, -0.15) is 0 Å². The molecule has 0 N–H and O–H groups in total. The van der Waals surface area contributed by atoms with Gasteiger partial charge in [-0.15, -0.1) is 0 Å². The van der Waals surface area contributed by atoms with Gasteiger partial charge in [0.2, 0.25) is 0 Å². The van der Waals surface area contributed by atoms with Crippen LogP contribution in [0.1, 0.15) is 25.7 Å². The monoisotopic (exact) mass is 96.0 g/mol. The summed E-state index contributed by atoms with van der Waals surface area (Å²) in [5, 5.41) is 0. The molecule has 1 saturated carbocycles. The first kappa shape index (κ1) is 6.64. The van der Waals surface area contributed by atoms with Crippen LogP contribution < -0.4 is 0 Å². The van der Waals surface area contributed by atoms with Crippen LogP contribution in [0.5, 0.6) is 0 Å². The van der Waals surface area contributed by atoms with Crippen molar-refractivity contribution in [2.75, 3.05) is 0 Å². The van der Waals surface area contributed by atoms with Crippen LogP contribution in [0.25, 0.3) is 0 Å². The van der Waals surface area contributed by atoms with Crippen LogP contribution in [0.3, 0.4) is 0 Å². The second-order valence-corrected chi connectivity index (χ2v) is 1.41. The zero-order valence-electron chi connectivity index (χ0n) is 2.83. The molecule has 0 spiro atoms. The fourth-order valence-electron chi connectivity index (χ4n) is 0.250. The molecule has 0 aromatic carbocycles. The molecule has 0 heterocycles. The molecule has 0 bridgehead atoms. The molecule has 0 saturated heterocycles. The Balaban J connectivity index is 0.000000160. The maximum absolute atomic E-state index is 1.50. The van der Waals surface area contributed by atoms with E-state index in [1.54, 1.807) is 0 Å². The van der Waals surface area contributed by atoms with Crippen molar-refractivity contribution < 1.29 is 0 Å². The van der Waals surface area contributed by atoms with Gasteiger partial charge in [0.05, 0.1) is 0 Å². The molecule has 1 fully saturated rings. The van der Waals surface area contributed by atoms with Gasteiger partial charge in [-0.1, -0.05) is 25.7 Å². The quantitative estimate of drug-likeness (QED) is 0.393. The van der Waals surface area contributed by atoms with E-state index >= 15 is 0 Å². The molecule has 1 aliphatic rings. The Labute approximate surface area is 75.8 Å². The van der Waals surface area contributed by atoms with Crippen molar-refractivity contribution in [1.82, 2.24) is 0 Å². The predicted molar refractivity (Wildman–Crippen MR) is 25.6 cm³/mol. The zero-order valence-corrected chi connectivity index (χ0v) is 2.83. The van der Waals surface area contributed by atoms with Crippen LogP contribution in [0.15, 0.2) is 0 Å². The Kier molecular flexibility index (Phi) is 5.06. The fraction of sp³-hybridized carbons (Fsp3) is 1.00. The van der Waals surface area contributed by atoms with Gasteiger partial charge >= 0.3 is 51.4 Å². The third kappa shape index (κ3) is 2.35. The van der Waals surface area contributed by atoms with Crippen molar-refractivity contribution in [3.63, 3.8) is 0 Å². The molecule has 0 aromatic heterocycles. The third-order valence-corrected chi connectivity index (χ3v) is 1.000. The van der Waals surface area contributed by atoms with Crippen LogP contribution in [0, 0.1) is 0 Å². The molecule has 26 valence electrons. The second-order valence-electron chi connectivity index (χ2n) is 1.41. The average molecular weight is 96.2 g/mol. The molecule has 0 radical (unpaired) electrons. The van der Waals surface area contributed by atoms with Gasteiger partial charge in [-0.25, -0.2) is 0 Å². The van der Waals surface area contributed by atoms with Gasteiger partial charge in [-0.05, 0) is 0 Å². The van der Waals surface area contributed by atoms with E-state index in [9.17, 15) is 0 Å². The van der Waals surface area contributed by atoms with E-state index in [1.165, 1.54) is 25.7 Å². The number of hydrogen-bond acceptors (Lipinski definition) is 0. The van der Waals surface area contributed by atoms with Crippen molar-refractivity contribution in [2.24, 2.45) is 0 Å². The minimum atomic E-state index is 0. The first-order valence-electron chi connectivity index (χ1n) is 2.00. The van der Waals surface area contributed by atoms with E-state index in [-0.39, 0.29) is 51.4 Å². The third-order valence-electron chi connectivity index (χ3n) is 1.000. The van der Waals surface area contributed by atoms with Crippen LogP contribution >= 0.6 is 0 Å². The first-order chi connectivity index (χ1) is 2.00. The second kappa shape index (κ2) is 3.81. The predicted octanol–water partition coefficient (Wildman–Crippen LogP) is 0.912. The Hall–Kier alpha value is 1.64. The van der Waals surface area contributed by atoms with Crippen molar-refractivity contribution >= 4 is 51.4 Å². The summed E-state index contributed by atoms with van der Waals surface area (Å²) in [5.74, 6) is 0. The molecular formula is C4H9K. The van der Waals surface area contributed by atoms with Crippen LogP contribution in [0.2, 0.25) is 0 Å². The van der Waals surface area contributed by atoms with E-state index in [0.717, 1.165) is 0 Å². The summed E-state index contributed by atoms with van der Waals surface area (Å²) >= 11 is 0. The van der Waals surface area contributed by atoms with E-state index in [1.807, 2.05) is 0 Å². The van der Waals surface area contributed by atoms with Crippen molar-refractivity contribution in [3.05, 3.63) is 0 Å². The topological polar surface area (TPSA) is 0 Å². The van der Waals surface area contributed by atoms with Gasteiger partial charge in [0.25, 0.3) is 0 Å². The molecular weight excluding hydrogens is 87.1 g/mol. The number of hydrogen-bond donors (Lipinski definition) is 0. The summed E-state index contributed by atoms with van der Waals surface area (Å²) in [7, 11) is 0. The van der Waals surface area contributed by atoms with Gasteiger partial charge < -0.3 is 0 Å². The molecule has 0 unspecified atom stereocenters. The molecule has 0 aromatic rings. The van der Waals surface area contributed by atoms with Crippen LogP contribution in [-0.2, 0) is 0 Å². The number of rotatable bonds is 0. The average Bonchev–Trinajstić information content (AvgIpc) is 0.722. The summed E-state index contributed by atoms with van der Waals surface area (Å²) in [6.45, 7) is 0. The zero-order chi connectivity index (χ0) is 2.83. The first-order valence-corrected chi connectivity index (χ1v) is 2.00. The Morgan fingerprint density at radius 1 is 0.600 bits per heavy atom. The summed E-state index contributed by atoms with van der Waals surface area (Å²) < 4.78 is 0. The summed E-state index contributed by atoms with van der Waals surface area (Å²) in [6.07, 6.45) is 6.00. The molecule has 0 nitrogen and oxygen atoms in total. The molecule has 1 aliphatic carbocycles. The Bertz CT molecular complexity index is 11.6. The SMILES string of the molecule is C1CCC1.[KH].